The van der Waals surface area contributed by atoms with Gasteiger partial charge in [0.05, 0.1) is 10.9 Å². The van der Waals surface area contributed by atoms with Crippen LogP contribution in [0, 0.1) is 0 Å². The number of nitrogens with one attached hydrogen (secondary N) is 1. The number of aromatic nitrogens is 1. The van der Waals surface area contributed by atoms with Crippen molar-refractivity contribution in [2.45, 2.75) is 0 Å². The van der Waals surface area contributed by atoms with Crippen molar-refractivity contribution in [2.24, 2.45) is 0 Å². The first-order valence-corrected chi connectivity index (χ1v) is 4.88. The van der Waals surface area contributed by atoms with Gasteiger partial charge in [-0.15, -0.1) is 0 Å². The van der Waals surface area contributed by atoms with E-state index in [4.69, 9.17) is 0 Å². The lowest BCUT2D eigenvalue weighted by Gasteiger charge is -1.96. The van der Waals surface area contributed by atoms with Crippen LogP contribution in [0.5, 0.6) is 0 Å². The fourth-order valence-corrected chi connectivity index (χ4v) is 1.95. The number of rotatable bonds is 0. The van der Waals surface area contributed by atoms with Crippen LogP contribution in [-0.4, -0.2) is 4.98 Å². The summed E-state index contributed by atoms with van der Waals surface area (Å²) in [5, 5.41) is 1.19. The van der Waals surface area contributed by atoms with Crippen LogP contribution in [0.2, 0.25) is 0 Å². The second-order valence-electron chi connectivity index (χ2n) is 3.79. The summed E-state index contributed by atoms with van der Waals surface area (Å²) in [7, 11) is 0. The van der Waals surface area contributed by atoms with Crippen LogP contribution >= 0.6 is 0 Å². The molecule has 2 aromatic carbocycles. The first-order valence-electron chi connectivity index (χ1n) is 4.88. The van der Waals surface area contributed by atoms with Crippen LogP contribution in [0.15, 0.2) is 43.4 Å². The predicted octanol–water partition coefficient (Wildman–Crippen LogP) is -0.362. The minimum absolute atomic E-state index is 0.237. The van der Waals surface area contributed by atoms with Gasteiger partial charge in [0.15, 0.2) is 0 Å². The third kappa shape index (κ3) is 1.19. The molecule has 3 aromatic rings. The molecule has 0 radical (unpaired) electrons. The second kappa shape index (κ2) is 2.98. The highest BCUT2D eigenvalue weighted by molar-refractivity contribution is 6.05. The third-order valence-corrected chi connectivity index (χ3v) is 2.77. The van der Waals surface area contributed by atoms with Gasteiger partial charge in [-0.1, -0.05) is 6.07 Å². The van der Waals surface area contributed by atoms with Gasteiger partial charge < -0.3 is 4.98 Å². The summed E-state index contributed by atoms with van der Waals surface area (Å²) in [6, 6.07) is 5.37. The molecule has 3 rings (SSSR count). The number of hydrogen-bond acceptors (Lipinski definition) is 4. The fourth-order valence-electron chi connectivity index (χ4n) is 1.95. The van der Waals surface area contributed by atoms with Crippen molar-refractivity contribution in [3.63, 3.8) is 0 Å². The zero-order valence-electron chi connectivity index (χ0n) is 8.44. The highest BCUT2D eigenvalue weighted by Gasteiger charge is 2.10. The SMILES string of the molecule is O=c1cc2ccc3c(=O)c(=O)[nH]c3c2cc1=O. The van der Waals surface area contributed by atoms with Crippen molar-refractivity contribution < 1.29 is 0 Å². The lowest BCUT2D eigenvalue weighted by molar-refractivity contribution is 1.34. The third-order valence-electron chi connectivity index (χ3n) is 2.77. The minimum atomic E-state index is -0.717. The largest absolute Gasteiger partial charge is 0.318 e. The zero-order chi connectivity index (χ0) is 12.2. The van der Waals surface area contributed by atoms with Gasteiger partial charge in [-0.3, -0.25) is 19.2 Å². The Bertz CT molecular complexity index is 958. The van der Waals surface area contributed by atoms with Crippen molar-refractivity contribution in [1.29, 1.82) is 0 Å². The van der Waals surface area contributed by atoms with Crippen LogP contribution in [0.4, 0.5) is 0 Å². The Kier molecular flexibility index (Phi) is 1.69. The molecular formula is C12H5NO4. The first kappa shape index (κ1) is 9.65. The molecule has 0 bridgehead atoms. The second-order valence-corrected chi connectivity index (χ2v) is 3.79. The van der Waals surface area contributed by atoms with E-state index in [1.165, 1.54) is 12.1 Å². The maximum Gasteiger partial charge on any atom is 0.296 e. The Balaban J connectivity index is 2.74. The number of fused-ring (bicyclic) bond motifs is 3. The van der Waals surface area contributed by atoms with Crippen molar-refractivity contribution in [2.75, 3.05) is 0 Å². The van der Waals surface area contributed by atoms with Gasteiger partial charge in [0, 0.05) is 5.39 Å². The van der Waals surface area contributed by atoms with Crippen molar-refractivity contribution in [3.05, 3.63) is 65.3 Å². The molecule has 0 atom stereocenters. The Morgan fingerprint density at radius 1 is 0.824 bits per heavy atom. The molecule has 0 aliphatic rings. The summed E-state index contributed by atoms with van der Waals surface area (Å²) in [5.74, 6) is 0. The monoisotopic (exact) mass is 227 g/mol. The van der Waals surface area contributed by atoms with Crippen molar-refractivity contribution in [3.8, 4) is 0 Å². The topological polar surface area (TPSA) is 84.1 Å². The summed E-state index contributed by atoms with van der Waals surface area (Å²) in [5.41, 5.74) is -2.28. The molecule has 0 spiro atoms. The van der Waals surface area contributed by atoms with E-state index in [9.17, 15) is 19.2 Å². The van der Waals surface area contributed by atoms with E-state index in [1.54, 1.807) is 6.07 Å². The molecular weight excluding hydrogens is 222 g/mol. The molecule has 0 amide bonds. The normalized spacial score (nSPS) is 11.3. The van der Waals surface area contributed by atoms with Crippen LogP contribution in [0.3, 0.4) is 0 Å². The van der Waals surface area contributed by atoms with Gasteiger partial charge in [0.2, 0.25) is 10.9 Å². The highest BCUT2D eigenvalue weighted by Crippen LogP contribution is 2.18. The van der Waals surface area contributed by atoms with Crippen LogP contribution < -0.4 is 21.8 Å². The van der Waals surface area contributed by atoms with Gasteiger partial charge >= 0.3 is 0 Å². The van der Waals surface area contributed by atoms with E-state index in [-0.39, 0.29) is 5.39 Å². The maximum atomic E-state index is 11.4. The highest BCUT2D eigenvalue weighted by atomic mass is 16.2. The molecule has 0 saturated heterocycles. The molecule has 5 heteroatoms. The molecule has 1 aromatic heterocycles. The number of hydrogen-bond donors (Lipinski definition) is 1. The fraction of sp³-hybridized carbons (Fsp3) is 0. The van der Waals surface area contributed by atoms with E-state index >= 15 is 0 Å². The first-order chi connectivity index (χ1) is 8.08. The summed E-state index contributed by atoms with van der Waals surface area (Å²) >= 11 is 0. The molecule has 5 nitrogen and oxygen atoms in total. The van der Waals surface area contributed by atoms with Gasteiger partial charge in [-0.2, -0.15) is 0 Å². The number of benzene rings is 2. The Labute approximate surface area is 92.6 Å². The van der Waals surface area contributed by atoms with Gasteiger partial charge in [-0.25, -0.2) is 0 Å². The summed E-state index contributed by atoms with van der Waals surface area (Å²) in [6.07, 6.45) is 0. The van der Waals surface area contributed by atoms with Gasteiger partial charge in [0.1, 0.15) is 0 Å². The van der Waals surface area contributed by atoms with E-state index in [0.717, 1.165) is 6.07 Å². The van der Waals surface area contributed by atoms with Crippen LogP contribution in [-0.2, 0) is 0 Å². The average Bonchev–Trinajstić information content (AvgIpc) is 2.58. The molecule has 0 saturated carbocycles. The summed E-state index contributed by atoms with van der Waals surface area (Å²) in [4.78, 5) is 47.6. The molecule has 1 N–H and O–H groups in total. The van der Waals surface area contributed by atoms with E-state index < -0.39 is 21.8 Å². The van der Waals surface area contributed by atoms with Gasteiger partial charge in [-0.05, 0) is 23.6 Å². The molecule has 82 valence electrons. The predicted molar refractivity (Wildman–Crippen MR) is 63.3 cm³/mol. The number of aromatic amines is 1. The Morgan fingerprint density at radius 2 is 1.53 bits per heavy atom. The quantitative estimate of drug-likeness (QED) is 0.531. The van der Waals surface area contributed by atoms with E-state index in [1.807, 2.05) is 0 Å². The van der Waals surface area contributed by atoms with Crippen LogP contribution in [0.25, 0.3) is 21.7 Å². The summed E-state index contributed by atoms with van der Waals surface area (Å²) in [6.45, 7) is 0. The van der Waals surface area contributed by atoms with E-state index in [2.05, 4.69) is 4.98 Å². The van der Waals surface area contributed by atoms with Crippen LogP contribution in [0.1, 0.15) is 0 Å². The summed E-state index contributed by atoms with van der Waals surface area (Å²) < 4.78 is 0. The molecule has 1 heterocycles. The number of H-pyrrole nitrogens is 1. The zero-order valence-corrected chi connectivity index (χ0v) is 8.44. The molecule has 0 aliphatic heterocycles. The standard InChI is InChI=1S/C12H5NO4/c14-8-3-5-1-2-6-10(7(5)4-9(8)15)13-12(17)11(6)16/h1-4H,(H,13,16,17). The molecule has 17 heavy (non-hydrogen) atoms. The molecule has 0 aliphatic carbocycles. The maximum absolute atomic E-state index is 11.4. The minimum Gasteiger partial charge on any atom is -0.318 e. The van der Waals surface area contributed by atoms with E-state index in [0.29, 0.717) is 16.3 Å². The molecule has 0 fully saturated rings. The van der Waals surface area contributed by atoms with Gasteiger partial charge in [0.25, 0.3) is 11.0 Å². The lowest BCUT2D eigenvalue weighted by atomic mass is 10.1. The van der Waals surface area contributed by atoms with Crippen molar-refractivity contribution in [1.82, 2.24) is 4.98 Å². The van der Waals surface area contributed by atoms with Crippen molar-refractivity contribution >= 4 is 21.7 Å². The Morgan fingerprint density at radius 3 is 2.29 bits per heavy atom. The molecule has 0 unspecified atom stereocenters. The Hall–Kier alpha value is -2.56. The smallest absolute Gasteiger partial charge is 0.296 e. The average molecular weight is 227 g/mol. The lowest BCUT2D eigenvalue weighted by Crippen LogP contribution is -2.20.